The van der Waals surface area contributed by atoms with Crippen molar-refractivity contribution >= 4 is 16.8 Å². The van der Waals surface area contributed by atoms with E-state index >= 15 is 0 Å². The van der Waals surface area contributed by atoms with Crippen LogP contribution in [0.4, 0.5) is 0 Å². The van der Waals surface area contributed by atoms with Gasteiger partial charge in [-0.15, -0.1) is 0 Å². The third-order valence-corrected chi connectivity index (χ3v) is 3.98. The first kappa shape index (κ1) is 17.5. The standard InChI is InChI=1S/C20H20N2O4/c1-13-7-8-16-14(9-13)10-15(20(24)22-16)11-21-19(23)12-26-18-6-4-3-5-17(18)25-2/h3-10H,11-12H2,1-2H3,(H,21,23)(H,22,24). The van der Waals surface area contributed by atoms with Gasteiger partial charge in [0.15, 0.2) is 18.1 Å². The van der Waals surface area contributed by atoms with Crippen molar-refractivity contribution in [3.05, 3.63) is 70.0 Å². The summed E-state index contributed by atoms with van der Waals surface area (Å²) >= 11 is 0. The predicted molar refractivity (Wildman–Crippen MR) is 99.6 cm³/mol. The van der Waals surface area contributed by atoms with Crippen LogP contribution in [0.25, 0.3) is 10.9 Å². The molecule has 0 unspecified atom stereocenters. The largest absolute Gasteiger partial charge is 0.493 e. The smallest absolute Gasteiger partial charge is 0.258 e. The van der Waals surface area contributed by atoms with Gasteiger partial charge in [0.1, 0.15) is 0 Å². The summed E-state index contributed by atoms with van der Waals surface area (Å²) < 4.78 is 10.6. The highest BCUT2D eigenvalue weighted by Gasteiger charge is 2.09. The molecule has 0 radical (unpaired) electrons. The molecule has 0 aliphatic rings. The number of methoxy groups -OCH3 is 1. The predicted octanol–water partition coefficient (Wildman–Crippen LogP) is 2.54. The molecule has 26 heavy (non-hydrogen) atoms. The van der Waals surface area contributed by atoms with Gasteiger partial charge in [0.05, 0.1) is 7.11 Å². The number of nitrogens with one attached hydrogen (secondary N) is 2. The zero-order valence-corrected chi connectivity index (χ0v) is 14.7. The zero-order valence-electron chi connectivity index (χ0n) is 14.7. The molecule has 6 nitrogen and oxygen atoms in total. The van der Waals surface area contributed by atoms with Gasteiger partial charge in [-0.1, -0.05) is 23.8 Å². The second kappa shape index (κ2) is 7.74. The average Bonchev–Trinajstić information content (AvgIpc) is 2.65. The van der Waals surface area contributed by atoms with Crippen LogP contribution in [-0.2, 0) is 11.3 Å². The summed E-state index contributed by atoms with van der Waals surface area (Å²) in [6.45, 7) is 1.96. The molecule has 1 aromatic heterocycles. The molecule has 0 atom stereocenters. The molecule has 2 N–H and O–H groups in total. The van der Waals surface area contributed by atoms with Crippen molar-refractivity contribution in [2.45, 2.75) is 13.5 Å². The molecule has 134 valence electrons. The maximum Gasteiger partial charge on any atom is 0.258 e. The highest BCUT2D eigenvalue weighted by molar-refractivity contribution is 5.80. The van der Waals surface area contributed by atoms with E-state index in [0.717, 1.165) is 16.5 Å². The fraction of sp³-hybridized carbons (Fsp3) is 0.200. The van der Waals surface area contributed by atoms with E-state index in [1.54, 1.807) is 24.3 Å². The number of hydrogen-bond donors (Lipinski definition) is 2. The van der Waals surface area contributed by atoms with E-state index < -0.39 is 0 Å². The maximum atomic E-state index is 12.1. The van der Waals surface area contributed by atoms with Crippen molar-refractivity contribution in [1.82, 2.24) is 10.3 Å². The molecule has 1 heterocycles. The molecule has 0 saturated heterocycles. The molecule has 0 aliphatic heterocycles. The summed E-state index contributed by atoms with van der Waals surface area (Å²) in [4.78, 5) is 27.0. The number of fused-ring (bicyclic) bond motifs is 1. The molecule has 0 spiro atoms. The number of pyridine rings is 1. The number of para-hydroxylation sites is 2. The van der Waals surface area contributed by atoms with Gasteiger partial charge in [-0.05, 0) is 42.6 Å². The van der Waals surface area contributed by atoms with E-state index in [0.29, 0.717) is 17.1 Å². The van der Waals surface area contributed by atoms with Gasteiger partial charge >= 0.3 is 0 Å². The zero-order chi connectivity index (χ0) is 18.5. The minimum atomic E-state index is -0.320. The topological polar surface area (TPSA) is 80.4 Å². The van der Waals surface area contributed by atoms with Crippen LogP contribution in [0.3, 0.4) is 0 Å². The Morgan fingerprint density at radius 1 is 1.12 bits per heavy atom. The molecule has 0 saturated carbocycles. The van der Waals surface area contributed by atoms with Crippen molar-refractivity contribution in [3.8, 4) is 11.5 Å². The Kier molecular flexibility index (Phi) is 5.22. The fourth-order valence-corrected chi connectivity index (χ4v) is 2.63. The number of amides is 1. The first-order valence-corrected chi connectivity index (χ1v) is 8.22. The summed E-state index contributed by atoms with van der Waals surface area (Å²) in [6.07, 6.45) is 0. The molecular weight excluding hydrogens is 332 g/mol. The number of ether oxygens (including phenoxy) is 2. The van der Waals surface area contributed by atoms with Crippen LogP contribution < -0.4 is 20.3 Å². The number of benzene rings is 2. The third-order valence-electron chi connectivity index (χ3n) is 3.98. The highest BCUT2D eigenvalue weighted by Crippen LogP contribution is 2.25. The molecule has 0 aliphatic carbocycles. The average molecular weight is 352 g/mol. The van der Waals surface area contributed by atoms with E-state index in [-0.39, 0.29) is 24.6 Å². The van der Waals surface area contributed by atoms with E-state index in [2.05, 4.69) is 10.3 Å². The number of aromatic amines is 1. The summed E-state index contributed by atoms with van der Waals surface area (Å²) in [7, 11) is 1.54. The molecule has 0 fully saturated rings. The number of H-pyrrole nitrogens is 1. The van der Waals surface area contributed by atoms with Crippen LogP contribution in [-0.4, -0.2) is 24.6 Å². The lowest BCUT2D eigenvalue weighted by Crippen LogP contribution is -2.30. The molecule has 0 bridgehead atoms. The Morgan fingerprint density at radius 2 is 1.88 bits per heavy atom. The highest BCUT2D eigenvalue weighted by atomic mass is 16.5. The van der Waals surface area contributed by atoms with Gasteiger partial charge in [-0.3, -0.25) is 9.59 Å². The minimum Gasteiger partial charge on any atom is -0.493 e. The number of carbonyl (C=O) groups is 1. The number of hydrogen-bond acceptors (Lipinski definition) is 4. The van der Waals surface area contributed by atoms with Crippen molar-refractivity contribution in [2.24, 2.45) is 0 Å². The Hall–Kier alpha value is -3.28. The molecule has 3 aromatic rings. The number of aromatic nitrogens is 1. The third kappa shape index (κ3) is 4.03. The van der Waals surface area contributed by atoms with E-state index in [9.17, 15) is 9.59 Å². The summed E-state index contributed by atoms with van der Waals surface area (Å²) in [5.41, 5.74) is 2.15. The fourth-order valence-electron chi connectivity index (χ4n) is 2.63. The Morgan fingerprint density at radius 3 is 2.65 bits per heavy atom. The van der Waals surface area contributed by atoms with Gasteiger partial charge in [0.25, 0.3) is 11.5 Å². The monoisotopic (exact) mass is 352 g/mol. The van der Waals surface area contributed by atoms with E-state index in [1.807, 2.05) is 31.2 Å². The van der Waals surface area contributed by atoms with Crippen LogP contribution in [0.15, 0.2) is 53.3 Å². The summed E-state index contributed by atoms with van der Waals surface area (Å²) in [5.74, 6) is 0.727. The molecule has 6 heteroatoms. The van der Waals surface area contributed by atoms with Crippen molar-refractivity contribution < 1.29 is 14.3 Å². The van der Waals surface area contributed by atoms with Crippen molar-refractivity contribution in [3.63, 3.8) is 0 Å². The van der Waals surface area contributed by atoms with Crippen LogP contribution in [0.2, 0.25) is 0 Å². The van der Waals surface area contributed by atoms with Gasteiger partial charge < -0.3 is 19.8 Å². The molecule has 1 amide bonds. The van der Waals surface area contributed by atoms with Crippen molar-refractivity contribution in [2.75, 3.05) is 13.7 Å². The Balaban J connectivity index is 1.63. The lowest BCUT2D eigenvalue weighted by Gasteiger charge is -2.10. The SMILES string of the molecule is COc1ccccc1OCC(=O)NCc1cc2cc(C)ccc2[nH]c1=O. The van der Waals surface area contributed by atoms with Crippen LogP contribution >= 0.6 is 0 Å². The lowest BCUT2D eigenvalue weighted by molar-refractivity contribution is -0.123. The van der Waals surface area contributed by atoms with Crippen molar-refractivity contribution in [1.29, 1.82) is 0 Å². The Labute approximate surface area is 150 Å². The van der Waals surface area contributed by atoms with Crippen LogP contribution in [0.1, 0.15) is 11.1 Å². The number of carbonyl (C=O) groups excluding carboxylic acids is 1. The first-order chi connectivity index (χ1) is 12.6. The van der Waals surface area contributed by atoms with Crippen LogP contribution in [0, 0.1) is 6.92 Å². The summed E-state index contributed by atoms with van der Waals surface area (Å²) in [6, 6.07) is 14.7. The lowest BCUT2D eigenvalue weighted by atomic mass is 10.1. The second-order valence-electron chi connectivity index (χ2n) is 5.93. The summed E-state index contributed by atoms with van der Waals surface area (Å²) in [5, 5.41) is 3.63. The quantitative estimate of drug-likeness (QED) is 0.714. The number of rotatable bonds is 6. The second-order valence-corrected chi connectivity index (χ2v) is 5.93. The minimum absolute atomic E-state index is 0.132. The molecular formula is C20H20N2O4. The molecule has 3 rings (SSSR count). The van der Waals surface area contributed by atoms with E-state index in [1.165, 1.54) is 7.11 Å². The van der Waals surface area contributed by atoms with Gasteiger partial charge in [0.2, 0.25) is 0 Å². The number of aryl methyl sites for hydroxylation is 1. The maximum absolute atomic E-state index is 12.1. The Bertz CT molecular complexity index is 995. The molecule has 2 aromatic carbocycles. The van der Waals surface area contributed by atoms with Crippen LogP contribution in [0.5, 0.6) is 11.5 Å². The van der Waals surface area contributed by atoms with E-state index in [4.69, 9.17) is 9.47 Å². The normalized spacial score (nSPS) is 10.5. The first-order valence-electron chi connectivity index (χ1n) is 8.22. The van der Waals surface area contributed by atoms with Gasteiger partial charge in [-0.2, -0.15) is 0 Å². The van der Waals surface area contributed by atoms with Gasteiger partial charge in [0, 0.05) is 17.6 Å². The van der Waals surface area contributed by atoms with Gasteiger partial charge in [-0.25, -0.2) is 0 Å².